The molecule has 1 aromatic heterocycles. The number of carbonyl (C=O) groups excluding carboxylic acids is 1. The molecule has 0 bridgehead atoms. The van der Waals surface area contributed by atoms with Crippen molar-refractivity contribution in [2.45, 2.75) is 19.8 Å². The summed E-state index contributed by atoms with van der Waals surface area (Å²) >= 11 is 0. The van der Waals surface area contributed by atoms with E-state index in [1.54, 1.807) is 0 Å². The maximum atomic E-state index is 11.7. The number of hydrogen-bond acceptors (Lipinski definition) is 3. The molecule has 3 rings (SSSR count). The number of anilines is 1. The zero-order chi connectivity index (χ0) is 14.1. The maximum Gasteiger partial charge on any atom is 0.264 e. The number of benzene rings is 1. The summed E-state index contributed by atoms with van der Waals surface area (Å²) in [5, 5.41) is 9.38. The summed E-state index contributed by atoms with van der Waals surface area (Å²) in [7, 11) is 0. The average molecular weight is 269 g/mol. The number of H-pyrrole nitrogens is 1. The fourth-order valence-corrected chi connectivity index (χ4v) is 2.09. The van der Waals surface area contributed by atoms with E-state index in [2.05, 4.69) is 15.5 Å². The minimum atomic E-state index is -0.209. The third-order valence-electron chi connectivity index (χ3n) is 3.37. The van der Waals surface area contributed by atoms with Crippen molar-refractivity contribution in [3.8, 4) is 11.3 Å². The lowest BCUT2D eigenvalue weighted by Gasteiger charge is -2.07. The minimum Gasteiger partial charge on any atom is -0.326 e. The van der Waals surface area contributed by atoms with E-state index >= 15 is 0 Å². The van der Waals surface area contributed by atoms with Crippen LogP contribution >= 0.6 is 0 Å². The number of nitrogens with one attached hydrogen (secondary N) is 2. The topological polar surface area (TPSA) is 74.8 Å². The van der Waals surface area contributed by atoms with Gasteiger partial charge in [-0.05, 0) is 37.5 Å². The lowest BCUT2D eigenvalue weighted by atomic mass is 10.1. The zero-order valence-electron chi connectivity index (χ0n) is 11.1. The van der Waals surface area contributed by atoms with Gasteiger partial charge < -0.3 is 5.32 Å². The van der Waals surface area contributed by atoms with Crippen LogP contribution in [0.3, 0.4) is 0 Å². The average Bonchev–Trinajstić information content (AvgIpc) is 3.24. The lowest BCUT2D eigenvalue weighted by molar-refractivity contribution is -0.117. The Labute approximate surface area is 116 Å². The van der Waals surface area contributed by atoms with Crippen molar-refractivity contribution in [1.82, 2.24) is 10.2 Å². The first-order valence-electron chi connectivity index (χ1n) is 6.61. The molecule has 20 heavy (non-hydrogen) atoms. The first-order chi connectivity index (χ1) is 9.63. The molecule has 1 aromatic carbocycles. The monoisotopic (exact) mass is 269 g/mol. The van der Waals surface area contributed by atoms with Crippen LogP contribution in [0, 0.1) is 12.8 Å². The summed E-state index contributed by atoms with van der Waals surface area (Å²) in [5.74, 6) is 0.286. The minimum absolute atomic E-state index is 0.0936. The summed E-state index contributed by atoms with van der Waals surface area (Å²) in [5.41, 5.74) is 3.05. The van der Waals surface area contributed by atoms with Crippen molar-refractivity contribution in [1.29, 1.82) is 0 Å². The number of aryl methyl sites for hydroxylation is 1. The number of aromatic amines is 1. The Hall–Kier alpha value is -2.43. The first-order valence-corrected chi connectivity index (χ1v) is 6.61. The van der Waals surface area contributed by atoms with E-state index in [-0.39, 0.29) is 17.4 Å². The predicted molar refractivity (Wildman–Crippen MR) is 76.4 cm³/mol. The van der Waals surface area contributed by atoms with E-state index in [9.17, 15) is 9.59 Å². The Balaban J connectivity index is 1.81. The number of nitrogens with zero attached hydrogens (tertiary/aromatic N) is 1. The highest BCUT2D eigenvalue weighted by Gasteiger charge is 2.29. The Kier molecular flexibility index (Phi) is 3.10. The molecule has 102 valence electrons. The van der Waals surface area contributed by atoms with Crippen LogP contribution in [0.4, 0.5) is 5.69 Å². The van der Waals surface area contributed by atoms with Crippen LogP contribution in [-0.2, 0) is 4.79 Å². The second-order valence-electron chi connectivity index (χ2n) is 5.10. The van der Waals surface area contributed by atoms with Gasteiger partial charge in [-0.2, -0.15) is 5.10 Å². The molecule has 0 unspecified atom stereocenters. The van der Waals surface area contributed by atoms with E-state index < -0.39 is 0 Å². The van der Waals surface area contributed by atoms with Gasteiger partial charge in [0.2, 0.25) is 5.91 Å². The van der Waals surface area contributed by atoms with Crippen LogP contribution in [0.1, 0.15) is 18.4 Å². The largest absolute Gasteiger partial charge is 0.326 e. The molecule has 2 aromatic rings. The molecule has 1 amide bonds. The van der Waals surface area contributed by atoms with Crippen LogP contribution in [0.15, 0.2) is 35.1 Å². The van der Waals surface area contributed by atoms with Gasteiger partial charge >= 0.3 is 0 Å². The summed E-state index contributed by atoms with van der Waals surface area (Å²) in [4.78, 5) is 22.8. The molecule has 1 aliphatic rings. The smallest absolute Gasteiger partial charge is 0.264 e. The van der Waals surface area contributed by atoms with E-state index in [4.69, 9.17) is 0 Å². The predicted octanol–water partition coefficient (Wildman–Crippen LogP) is 2.09. The highest BCUT2D eigenvalue weighted by molar-refractivity contribution is 5.94. The van der Waals surface area contributed by atoms with Crippen molar-refractivity contribution < 1.29 is 4.79 Å². The molecule has 0 atom stereocenters. The molecular weight excluding hydrogens is 254 g/mol. The van der Waals surface area contributed by atoms with Crippen molar-refractivity contribution >= 4 is 11.6 Å². The molecule has 0 spiro atoms. The van der Waals surface area contributed by atoms with Gasteiger partial charge in [0.15, 0.2) is 0 Å². The van der Waals surface area contributed by atoms with Crippen LogP contribution in [-0.4, -0.2) is 16.1 Å². The fraction of sp³-hybridized carbons (Fsp3) is 0.267. The van der Waals surface area contributed by atoms with E-state index in [0.29, 0.717) is 0 Å². The number of aromatic nitrogens is 2. The highest BCUT2D eigenvalue weighted by atomic mass is 16.2. The number of hydrogen-bond donors (Lipinski definition) is 2. The van der Waals surface area contributed by atoms with Gasteiger partial charge in [-0.3, -0.25) is 9.59 Å². The van der Waals surface area contributed by atoms with Crippen molar-refractivity contribution in [2.75, 3.05) is 5.32 Å². The molecule has 1 aliphatic carbocycles. The number of rotatable bonds is 3. The summed E-state index contributed by atoms with van der Waals surface area (Å²) < 4.78 is 0. The van der Waals surface area contributed by atoms with Gasteiger partial charge in [-0.15, -0.1) is 0 Å². The van der Waals surface area contributed by atoms with Gasteiger partial charge in [0.1, 0.15) is 0 Å². The van der Waals surface area contributed by atoms with Gasteiger partial charge in [0, 0.05) is 23.2 Å². The molecule has 2 N–H and O–H groups in total. The van der Waals surface area contributed by atoms with E-state index in [1.165, 1.54) is 6.07 Å². The molecule has 0 radical (unpaired) electrons. The van der Waals surface area contributed by atoms with Crippen molar-refractivity contribution in [3.63, 3.8) is 0 Å². The molecule has 5 heteroatoms. The Morgan fingerprint density at radius 3 is 2.60 bits per heavy atom. The van der Waals surface area contributed by atoms with Crippen LogP contribution in [0.25, 0.3) is 11.3 Å². The molecular formula is C15H15N3O2. The highest BCUT2D eigenvalue weighted by Crippen LogP contribution is 2.30. The van der Waals surface area contributed by atoms with Gasteiger partial charge in [0.25, 0.3) is 5.56 Å². The first kappa shape index (κ1) is 12.6. The SMILES string of the molecule is Cc1cc(=O)[nH]nc1-c1ccc(NC(=O)C2CC2)cc1. The second kappa shape index (κ2) is 4.92. The van der Waals surface area contributed by atoms with Crippen LogP contribution in [0.2, 0.25) is 0 Å². The standard InChI is InChI=1S/C15H15N3O2/c1-9-8-13(19)17-18-14(9)10-4-6-12(7-5-10)16-15(20)11-2-3-11/h4-8,11H,2-3H2,1H3,(H,16,20)(H,17,19). The van der Waals surface area contributed by atoms with Gasteiger partial charge in [0.05, 0.1) is 5.69 Å². The maximum absolute atomic E-state index is 11.7. The number of amides is 1. The Bertz CT molecular complexity index is 700. The molecule has 1 heterocycles. The normalized spacial score (nSPS) is 14.1. The third kappa shape index (κ3) is 2.61. The van der Waals surface area contributed by atoms with Crippen LogP contribution in [0.5, 0.6) is 0 Å². The Morgan fingerprint density at radius 2 is 2.00 bits per heavy atom. The second-order valence-corrected chi connectivity index (χ2v) is 5.10. The van der Waals surface area contributed by atoms with E-state index in [1.807, 2.05) is 31.2 Å². The molecule has 0 aliphatic heterocycles. The zero-order valence-corrected chi connectivity index (χ0v) is 11.1. The van der Waals surface area contributed by atoms with Crippen molar-refractivity contribution in [3.05, 3.63) is 46.2 Å². The molecule has 1 saturated carbocycles. The molecule has 0 saturated heterocycles. The van der Waals surface area contributed by atoms with E-state index in [0.717, 1.165) is 35.3 Å². The van der Waals surface area contributed by atoms with Crippen LogP contribution < -0.4 is 10.9 Å². The molecule has 5 nitrogen and oxygen atoms in total. The molecule has 1 fully saturated rings. The fourth-order valence-electron chi connectivity index (χ4n) is 2.09. The number of carbonyl (C=O) groups is 1. The Morgan fingerprint density at radius 1 is 1.30 bits per heavy atom. The summed E-state index contributed by atoms with van der Waals surface area (Å²) in [6, 6.07) is 8.99. The van der Waals surface area contributed by atoms with Gasteiger partial charge in [-0.1, -0.05) is 12.1 Å². The summed E-state index contributed by atoms with van der Waals surface area (Å²) in [6.07, 6.45) is 1.98. The summed E-state index contributed by atoms with van der Waals surface area (Å²) in [6.45, 7) is 1.85. The van der Waals surface area contributed by atoms with Gasteiger partial charge in [-0.25, -0.2) is 5.10 Å². The quantitative estimate of drug-likeness (QED) is 0.896. The van der Waals surface area contributed by atoms with Crippen molar-refractivity contribution in [2.24, 2.45) is 5.92 Å². The lowest BCUT2D eigenvalue weighted by Crippen LogP contribution is -2.13. The third-order valence-corrected chi connectivity index (χ3v) is 3.37.